The first-order valence-electron chi connectivity index (χ1n) is 3.88. The Morgan fingerprint density at radius 3 is 2.67 bits per heavy atom. The van der Waals surface area contributed by atoms with E-state index in [2.05, 4.69) is 36.6 Å². The number of nitrogens with zero attached hydrogens (tertiary/aromatic N) is 3. The molecule has 0 atom stereocenters. The lowest BCUT2D eigenvalue weighted by molar-refractivity contribution is 0.949. The molecule has 2 heterocycles. The molecule has 0 unspecified atom stereocenters. The van der Waals surface area contributed by atoms with Crippen molar-refractivity contribution in [1.82, 2.24) is 9.99 Å². The summed E-state index contributed by atoms with van der Waals surface area (Å²) < 4.78 is 2.03. The van der Waals surface area contributed by atoms with Gasteiger partial charge in [-0.3, -0.25) is 0 Å². The highest BCUT2D eigenvalue weighted by Gasteiger charge is 2.06. The van der Waals surface area contributed by atoms with Crippen molar-refractivity contribution in [3.05, 3.63) is 35.8 Å². The average molecular weight is 160 g/mol. The van der Waals surface area contributed by atoms with E-state index in [1.54, 1.807) is 6.20 Å². The zero-order valence-corrected chi connectivity index (χ0v) is 7.15. The first-order valence-corrected chi connectivity index (χ1v) is 3.88. The SMILES string of the molecule is Cc1cc(C)n(C2=N[N]C=C2)c1. The highest BCUT2D eigenvalue weighted by molar-refractivity contribution is 5.96. The van der Waals surface area contributed by atoms with E-state index in [0.29, 0.717) is 0 Å². The van der Waals surface area contributed by atoms with Crippen LogP contribution in [0, 0.1) is 13.8 Å². The van der Waals surface area contributed by atoms with E-state index in [-0.39, 0.29) is 0 Å². The Labute approximate surface area is 71.4 Å². The molecule has 0 bridgehead atoms. The molecule has 0 N–H and O–H groups in total. The number of aromatic nitrogens is 1. The van der Waals surface area contributed by atoms with Gasteiger partial charge in [0.15, 0.2) is 5.84 Å². The molecule has 0 fully saturated rings. The number of hydrogen-bond donors (Lipinski definition) is 0. The first-order chi connectivity index (χ1) is 5.77. The first kappa shape index (κ1) is 7.16. The van der Waals surface area contributed by atoms with Crippen LogP contribution in [0.3, 0.4) is 0 Å². The van der Waals surface area contributed by atoms with Crippen molar-refractivity contribution in [2.45, 2.75) is 13.8 Å². The Hall–Kier alpha value is -1.51. The lowest BCUT2D eigenvalue weighted by Crippen LogP contribution is -2.07. The molecule has 1 aliphatic rings. The second-order valence-corrected chi connectivity index (χ2v) is 2.92. The average Bonchev–Trinajstić information content (AvgIpc) is 2.58. The van der Waals surface area contributed by atoms with Gasteiger partial charge in [0.2, 0.25) is 0 Å². The Bertz CT molecular complexity index is 358. The molecule has 0 saturated carbocycles. The van der Waals surface area contributed by atoms with Gasteiger partial charge < -0.3 is 4.57 Å². The maximum atomic E-state index is 3.97. The lowest BCUT2D eigenvalue weighted by Gasteiger charge is -2.00. The van der Waals surface area contributed by atoms with E-state index in [0.717, 1.165) is 5.84 Å². The predicted molar refractivity (Wildman–Crippen MR) is 48.0 cm³/mol. The van der Waals surface area contributed by atoms with Crippen LogP contribution in [0.4, 0.5) is 0 Å². The Balaban J connectivity index is 2.45. The molecule has 0 spiro atoms. The van der Waals surface area contributed by atoms with Crippen molar-refractivity contribution in [2.75, 3.05) is 0 Å². The number of hydrogen-bond acceptors (Lipinski definition) is 1. The predicted octanol–water partition coefficient (Wildman–Crippen LogP) is 1.40. The molecule has 0 aliphatic carbocycles. The second kappa shape index (κ2) is 2.52. The van der Waals surface area contributed by atoms with Gasteiger partial charge in [-0.05, 0) is 25.5 Å². The normalized spacial score (nSPS) is 14.7. The molecule has 2 rings (SSSR count). The fourth-order valence-electron chi connectivity index (χ4n) is 1.34. The molecule has 0 aromatic carbocycles. The van der Waals surface area contributed by atoms with Gasteiger partial charge in [0.1, 0.15) is 0 Å². The van der Waals surface area contributed by atoms with Crippen LogP contribution in [0.2, 0.25) is 0 Å². The summed E-state index contributed by atoms with van der Waals surface area (Å²) >= 11 is 0. The van der Waals surface area contributed by atoms with Gasteiger partial charge in [0, 0.05) is 18.0 Å². The van der Waals surface area contributed by atoms with Crippen molar-refractivity contribution < 1.29 is 0 Å². The molecule has 3 nitrogen and oxygen atoms in total. The Morgan fingerprint density at radius 1 is 1.33 bits per heavy atom. The number of rotatable bonds is 0. The highest BCUT2D eigenvalue weighted by Crippen LogP contribution is 2.08. The number of allylic oxidation sites excluding steroid dienone is 1. The Kier molecular flexibility index (Phi) is 1.50. The maximum Gasteiger partial charge on any atom is 0.161 e. The van der Waals surface area contributed by atoms with Gasteiger partial charge in [0.05, 0.1) is 6.20 Å². The molecule has 12 heavy (non-hydrogen) atoms. The third-order valence-electron chi connectivity index (χ3n) is 1.85. The largest absolute Gasteiger partial charge is 0.304 e. The third kappa shape index (κ3) is 1.03. The van der Waals surface area contributed by atoms with E-state index in [4.69, 9.17) is 0 Å². The quantitative estimate of drug-likeness (QED) is 0.549. The standard InChI is InChI=1S/C9H10N3/c1-7-5-8(2)12(6-7)9-3-4-10-11-9/h3-6H,1-2H3. The molecule has 1 aliphatic heterocycles. The lowest BCUT2D eigenvalue weighted by atomic mass is 10.4. The zero-order chi connectivity index (χ0) is 8.55. The van der Waals surface area contributed by atoms with Crippen molar-refractivity contribution in [3.8, 4) is 0 Å². The van der Waals surface area contributed by atoms with Crippen LogP contribution in [0.5, 0.6) is 0 Å². The van der Waals surface area contributed by atoms with Crippen LogP contribution in [-0.2, 0) is 0 Å². The van der Waals surface area contributed by atoms with E-state index in [9.17, 15) is 0 Å². The molecular weight excluding hydrogens is 150 g/mol. The second-order valence-electron chi connectivity index (χ2n) is 2.92. The Morgan fingerprint density at radius 2 is 2.17 bits per heavy atom. The fraction of sp³-hybridized carbons (Fsp3) is 0.222. The third-order valence-corrected chi connectivity index (χ3v) is 1.85. The minimum absolute atomic E-state index is 0.889. The minimum Gasteiger partial charge on any atom is -0.304 e. The van der Waals surface area contributed by atoms with Gasteiger partial charge in [0.25, 0.3) is 0 Å². The van der Waals surface area contributed by atoms with Crippen molar-refractivity contribution >= 4 is 5.84 Å². The molecule has 1 radical (unpaired) electrons. The summed E-state index contributed by atoms with van der Waals surface area (Å²) in [4.78, 5) is 0. The minimum atomic E-state index is 0.889. The van der Waals surface area contributed by atoms with Gasteiger partial charge in [-0.1, -0.05) is 0 Å². The molecule has 61 valence electrons. The van der Waals surface area contributed by atoms with Crippen molar-refractivity contribution in [1.29, 1.82) is 0 Å². The van der Waals surface area contributed by atoms with Gasteiger partial charge in [-0.15, -0.1) is 5.10 Å². The maximum absolute atomic E-state index is 3.97. The van der Waals surface area contributed by atoms with Crippen LogP contribution in [0.1, 0.15) is 11.3 Å². The van der Waals surface area contributed by atoms with Gasteiger partial charge >= 0.3 is 0 Å². The summed E-state index contributed by atoms with van der Waals surface area (Å²) in [5.74, 6) is 0.889. The molecule has 1 aromatic rings. The van der Waals surface area contributed by atoms with E-state index in [1.807, 2.05) is 10.6 Å². The van der Waals surface area contributed by atoms with Crippen LogP contribution < -0.4 is 5.43 Å². The molecule has 3 heteroatoms. The topological polar surface area (TPSA) is 31.4 Å². The van der Waals surface area contributed by atoms with E-state index < -0.39 is 0 Å². The van der Waals surface area contributed by atoms with Gasteiger partial charge in [-0.25, -0.2) is 0 Å². The highest BCUT2D eigenvalue weighted by atomic mass is 15.3. The number of aryl methyl sites for hydroxylation is 2. The van der Waals surface area contributed by atoms with E-state index in [1.165, 1.54) is 11.3 Å². The van der Waals surface area contributed by atoms with Crippen LogP contribution in [0.25, 0.3) is 0 Å². The molecule has 1 aromatic heterocycles. The summed E-state index contributed by atoms with van der Waals surface area (Å²) in [6.45, 7) is 4.13. The summed E-state index contributed by atoms with van der Waals surface area (Å²) in [6, 6.07) is 2.12. The van der Waals surface area contributed by atoms with Crippen LogP contribution in [-0.4, -0.2) is 10.4 Å². The van der Waals surface area contributed by atoms with E-state index >= 15 is 0 Å². The van der Waals surface area contributed by atoms with Crippen LogP contribution >= 0.6 is 0 Å². The smallest absolute Gasteiger partial charge is 0.161 e. The summed E-state index contributed by atoms with van der Waals surface area (Å²) in [6.07, 6.45) is 5.65. The molecule has 0 amide bonds. The van der Waals surface area contributed by atoms with Gasteiger partial charge in [-0.2, -0.15) is 5.43 Å². The fourth-order valence-corrected chi connectivity index (χ4v) is 1.34. The molecule has 0 saturated heterocycles. The summed E-state index contributed by atoms with van der Waals surface area (Å²) in [5.41, 5.74) is 6.21. The monoisotopic (exact) mass is 160 g/mol. The van der Waals surface area contributed by atoms with Crippen molar-refractivity contribution in [2.24, 2.45) is 5.10 Å². The zero-order valence-electron chi connectivity index (χ0n) is 7.15. The summed E-state index contributed by atoms with van der Waals surface area (Å²) in [7, 11) is 0. The molecular formula is C9H10N3. The van der Waals surface area contributed by atoms with Crippen molar-refractivity contribution in [3.63, 3.8) is 0 Å². The van der Waals surface area contributed by atoms with Crippen LogP contribution in [0.15, 0.2) is 29.6 Å². The summed E-state index contributed by atoms with van der Waals surface area (Å²) in [5, 5.41) is 3.97.